The molecule has 1 amide bonds. The zero-order valence-corrected chi connectivity index (χ0v) is 16.3. The molecule has 0 saturated carbocycles. The molecule has 0 bridgehead atoms. The molecule has 4 rings (SSSR count). The first-order chi connectivity index (χ1) is 13.5. The van der Waals surface area contributed by atoms with E-state index in [9.17, 15) is 4.79 Å². The summed E-state index contributed by atoms with van der Waals surface area (Å²) in [6, 6.07) is 9.57. The number of carbonyl (C=O) groups is 1. The Labute approximate surface area is 168 Å². The highest BCUT2D eigenvalue weighted by atomic mass is 32.2. The second kappa shape index (κ2) is 7.73. The van der Waals surface area contributed by atoms with E-state index < -0.39 is 5.91 Å². The van der Waals surface area contributed by atoms with Crippen molar-refractivity contribution < 1.29 is 4.79 Å². The van der Waals surface area contributed by atoms with Gasteiger partial charge in [-0.15, -0.1) is 0 Å². The lowest BCUT2D eigenvalue weighted by Crippen LogP contribution is -2.43. The summed E-state index contributed by atoms with van der Waals surface area (Å²) >= 11 is 1.54. The average Bonchev–Trinajstić information content (AvgIpc) is 3.10. The molecule has 2 aromatic rings. The van der Waals surface area contributed by atoms with Gasteiger partial charge in [0.15, 0.2) is 0 Å². The second-order valence-electron chi connectivity index (χ2n) is 7.11. The third-order valence-corrected chi connectivity index (χ3v) is 6.18. The minimum Gasteiger partial charge on any atom is -0.392 e. The molecule has 1 aromatic heterocycles. The first-order valence-corrected chi connectivity index (χ1v) is 10.2. The van der Waals surface area contributed by atoms with E-state index >= 15 is 0 Å². The number of thioether (sulfide) groups is 1. The molecule has 2 atom stereocenters. The van der Waals surface area contributed by atoms with Gasteiger partial charge in [-0.1, -0.05) is 23.9 Å². The molecule has 0 radical (unpaired) electrons. The lowest BCUT2D eigenvalue weighted by atomic mass is 10.1. The summed E-state index contributed by atoms with van der Waals surface area (Å²) < 4.78 is 0. The first-order valence-electron chi connectivity index (χ1n) is 9.29. The molecular weight excluding hydrogens is 372 g/mol. The van der Waals surface area contributed by atoms with E-state index in [1.54, 1.807) is 12.3 Å². The number of aromatic nitrogens is 1. The molecule has 7 nitrogen and oxygen atoms in total. The van der Waals surface area contributed by atoms with Crippen molar-refractivity contribution in [3.63, 3.8) is 0 Å². The van der Waals surface area contributed by atoms with Crippen molar-refractivity contribution in [2.24, 2.45) is 17.2 Å². The molecule has 6 N–H and O–H groups in total. The van der Waals surface area contributed by atoms with Crippen LogP contribution in [-0.2, 0) is 0 Å². The number of carbonyl (C=O) groups excluding carboxylic acids is 1. The Morgan fingerprint density at radius 3 is 2.89 bits per heavy atom. The monoisotopic (exact) mass is 396 g/mol. The van der Waals surface area contributed by atoms with Gasteiger partial charge in [0.25, 0.3) is 0 Å². The van der Waals surface area contributed by atoms with E-state index in [0.29, 0.717) is 10.6 Å². The zero-order chi connectivity index (χ0) is 19.7. The molecule has 1 saturated heterocycles. The summed E-state index contributed by atoms with van der Waals surface area (Å²) in [6.07, 6.45) is 7.70. The summed E-state index contributed by atoms with van der Waals surface area (Å²) in [6.45, 7) is 1.78. The minimum absolute atomic E-state index is 0.0966. The Kier molecular flexibility index (Phi) is 5.15. The maximum Gasteiger partial charge on any atom is 0.248 e. The van der Waals surface area contributed by atoms with E-state index in [1.807, 2.05) is 36.7 Å². The number of benzene rings is 1. The van der Waals surface area contributed by atoms with Gasteiger partial charge in [-0.25, -0.2) is 0 Å². The number of primary amides is 1. The van der Waals surface area contributed by atoms with E-state index in [1.165, 1.54) is 11.8 Å². The Balaban J connectivity index is 1.71. The summed E-state index contributed by atoms with van der Waals surface area (Å²) in [5.41, 5.74) is 21.3. The van der Waals surface area contributed by atoms with E-state index in [0.717, 1.165) is 42.9 Å². The van der Waals surface area contributed by atoms with Crippen LogP contribution in [0.1, 0.15) is 34.1 Å². The highest BCUT2D eigenvalue weighted by Gasteiger charge is 2.31. The number of piperidine rings is 1. The van der Waals surface area contributed by atoms with Crippen LogP contribution in [0.3, 0.4) is 0 Å². The predicted octanol–water partition coefficient (Wildman–Crippen LogP) is 2.12. The van der Waals surface area contributed by atoms with Crippen LogP contribution in [0.15, 0.2) is 54.0 Å². The quantitative estimate of drug-likeness (QED) is 0.725. The largest absolute Gasteiger partial charge is 0.392 e. The molecule has 1 fully saturated rings. The second-order valence-corrected chi connectivity index (χ2v) is 8.27. The fraction of sp³-hybridized carbons (Fsp3) is 0.300. The number of rotatable bonds is 4. The molecule has 146 valence electrons. The van der Waals surface area contributed by atoms with Gasteiger partial charge >= 0.3 is 0 Å². The lowest BCUT2D eigenvalue weighted by molar-refractivity contribution is 0.1000. The average molecular weight is 397 g/mol. The summed E-state index contributed by atoms with van der Waals surface area (Å²) in [4.78, 5) is 20.4. The summed E-state index contributed by atoms with van der Waals surface area (Å²) in [5, 5.41) is 0.611. The third kappa shape index (κ3) is 3.65. The van der Waals surface area contributed by atoms with Crippen molar-refractivity contribution >= 4 is 29.0 Å². The number of nitrogens with two attached hydrogens (primary N) is 3. The molecule has 0 aliphatic carbocycles. The van der Waals surface area contributed by atoms with E-state index in [-0.39, 0.29) is 11.4 Å². The number of nitrogens with zero attached hydrogens (tertiary/aromatic N) is 3. The number of amides is 1. The fourth-order valence-electron chi connectivity index (χ4n) is 3.76. The molecule has 1 unspecified atom stereocenters. The van der Waals surface area contributed by atoms with E-state index in [4.69, 9.17) is 17.2 Å². The van der Waals surface area contributed by atoms with Gasteiger partial charge in [-0.3, -0.25) is 9.78 Å². The zero-order valence-electron chi connectivity index (χ0n) is 15.5. The lowest BCUT2D eigenvalue weighted by Gasteiger charge is -2.36. The van der Waals surface area contributed by atoms with Crippen LogP contribution < -0.4 is 27.0 Å². The maximum absolute atomic E-state index is 11.6. The molecule has 8 heteroatoms. The van der Waals surface area contributed by atoms with Gasteiger partial charge in [-0.05, 0) is 36.6 Å². The number of anilines is 2. The molecule has 1 aromatic carbocycles. The van der Waals surface area contributed by atoms with Crippen molar-refractivity contribution in [3.8, 4) is 0 Å². The van der Waals surface area contributed by atoms with E-state index in [2.05, 4.69) is 14.8 Å². The van der Waals surface area contributed by atoms with Crippen LogP contribution in [0.25, 0.3) is 0 Å². The van der Waals surface area contributed by atoms with Crippen LogP contribution in [-0.4, -0.2) is 30.0 Å². The maximum atomic E-state index is 11.6. The Bertz CT molecular complexity index is 917. The number of pyridine rings is 1. The smallest absolute Gasteiger partial charge is 0.248 e. The SMILES string of the molecule is NC(=O)c1cccc([C@@H]2SC(N)=CN2c2cnccc2N2CCCC(N)C2)c1. The van der Waals surface area contributed by atoms with Crippen molar-refractivity contribution in [2.45, 2.75) is 24.3 Å². The normalized spacial score (nSPS) is 22.2. The first kappa shape index (κ1) is 18.6. The highest BCUT2D eigenvalue weighted by Crippen LogP contribution is 2.47. The fourth-order valence-corrected chi connectivity index (χ4v) is 4.77. The molecular formula is C20H24N6OS. The predicted molar refractivity (Wildman–Crippen MR) is 114 cm³/mol. The topological polar surface area (TPSA) is 114 Å². The minimum atomic E-state index is -0.443. The Hall–Kier alpha value is -2.71. The highest BCUT2D eigenvalue weighted by molar-refractivity contribution is 8.03. The number of hydrogen-bond acceptors (Lipinski definition) is 7. The van der Waals surface area contributed by atoms with Crippen molar-refractivity contribution in [2.75, 3.05) is 22.9 Å². The number of hydrogen-bond donors (Lipinski definition) is 3. The molecule has 2 aliphatic heterocycles. The van der Waals surface area contributed by atoms with Gasteiger partial charge < -0.3 is 27.0 Å². The molecule has 0 spiro atoms. The van der Waals surface area contributed by atoms with Gasteiger partial charge in [0.1, 0.15) is 5.37 Å². The summed E-state index contributed by atoms with van der Waals surface area (Å²) in [7, 11) is 0. The molecule has 3 heterocycles. The van der Waals surface area contributed by atoms with Crippen LogP contribution in [0.4, 0.5) is 11.4 Å². The van der Waals surface area contributed by atoms with Gasteiger partial charge in [0, 0.05) is 37.1 Å². The molecule has 28 heavy (non-hydrogen) atoms. The molecule has 2 aliphatic rings. The third-order valence-electron chi connectivity index (χ3n) is 5.08. The van der Waals surface area contributed by atoms with Gasteiger partial charge in [0.05, 0.1) is 22.6 Å². The van der Waals surface area contributed by atoms with Gasteiger partial charge in [-0.2, -0.15) is 0 Å². The van der Waals surface area contributed by atoms with Crippen molar-refractivity contribution in [1.82, 2.24) is 4.98 Å². The Morgan fingerprint density at radius 2 is 2.11 bits per heavy atom. The van der Waals surface area contributed by atoms with Gasteiger partial charge in [0.2, 0.25) is 5.91 Å². The van der Waals surface area contributed by atoms with Crippen molar-refractivity contribution in [3.05, 3.63) is 65.1 Å². The van der Waals surface area contributed by atoms with Crippen LogP contribution >= 0.6 is 11.8 Å². The van der Waals surface area contributed by atoms with Crippen LogP contribution in [0.2, 0.25) is 0 Å². The Morgan fingerprint density at radius 1 is 1.25 bits per heavy atom. The van der Waals surface area contributed by atoms with Crippen molar-refractivity contribution in [1.29, 1.82) is 0 Å². The summed E-state index contributed by atoms with van der Waals surface area (Å²) in [5.74, 6) is -0.443. The van der Waals surface area contributed by atoms with Crippen LogP contribution in [0, 0.1) is 0 Å². The standard InChI is InChI=1S/C20H24N6OS/c21-15-5-2-8-25(11-15)16-6-7-24-10-17(16)26-12-18(22)28-20(26)14-4-1-3-13(9-14)19(23)27/h1,3-4,6-7,9-10,12,15,20H,2,5,8,11,21-22H2,(H2,23,27)/t15?,20-/m0/s1. The van der Waals surface area contributed by atoms with Crippen LogP contribution in [0.5, 0.6) is 0 Å².